The molecule has 0 fully saturated rings. The van der Waals surface area contributed by atoms with Gasteiger partial charge in [0.1, 0.15) is 18.7 Å². The van der Waals surface area contributed by atoms with Gasteiger partial charge in [0.15, 0.2) is 5.82 Å². The molecule has 0 unspecified atom stereocenters. The number of aromatic nitrogens is 3. The molecular formula is C13H16BrN3O. The largest absolute Gasteiger partial charge is 0.484 e. The van der Waals surface area contributed by atoms with E-state index >= 15 is 0 Å². The Balaban J connectivity index is 2.02. The van der Waals surface area contributed by atoms with Crippen LogP contribution in [-0.2, 0) is 13.2 Å². The molecule has 0 bridgehead atoms. The minimum Gasteiger partial charge on any atom is -0.484 e. The monoisotopic (exact) mass is 309 g/mol. The molecule has 96 valence electrons. The van der Waals surface area contributed by atoms with Gasteiger partial charge in [-0.05, 0) is 34.0 Å². The van der Waals surface area contributed by atoms with Crippen LogP contribution in [0.5, 0.6) is 5.75 Å². The molecule has 4 nitrogen and oxygen atoms in total. The third-order valence-electron chi connectivity index (χ3n) is 2.43. The molecular weight excluding hydrogens is 294 g/mol. The summed E-state index contributed by atoms with van der Waals surface area (Å²) in [4.78, 5) is 4.23. The van der Waals surface area contributed by atoms with E-state index in [-0.39, 0.29) is 0 Å². The van der Waals surface area contributed by atoms with Crippen molar-refractivity contribution in [2.24, 2.45) is 5.92 Å². The van der Waals surface area contributed by atoms with Crippen LogP contribution < -0.4 is 4.74 Å². The van der Waals surface area contributed by atoms with Crippen molar-refractivity contribution in [2.45, 2.75) is 27.0 Å². The van der Waals surface area contributed by atoms with E-state index in [0.29, 0.717) is 12.5 Å². The second-order valence-electron chi connectivity index (χ2n) is 4.47. The van der Waals surface area contributed by atoms with Gasteiger partial charge in [-0.15, -0.1) is 0 Å². The fraction of sp³-hybridized carbons (Fsp3) is 0.385. The molecule has 0 atom stereocenters. The average Bonchev–Trinajstić information content (AvgIpc) is 2.75. The van der Waals surface area contributed by atoms with E-state index in [4.69, 9.17) is 4.74 Å². The molecule has 5 heteroatoms. The Morgan fingerprint density at radius 3 is 2.83 bits per heavy atom. The molecule has 2 aromatic rings. The van der Waals surface area contributed by atoms with Gasteiger partial charge in [0.05, 0.1) is 4.47 Å². The molecule has 0 amide bonds. The Labute approximate surface area is 115 Å². The predicted octanol–water partition coefficient (Wildman–Crippen LogP) is 3.28. The lowest BCUT2D eigenvalue weighted by Crippen LogP contribution is -2.12. The zero-order chi connectivity index (χ0) is 13.0. The average molecular weight is 310 g/mol. The minimum absolute atomic E-state index is 0.426. The lowest BCUT2D eigenvalue weighted by Gasteiger charge is -2.10. The first-order valence-corrected chi connectivity index (χ1v) is 6.70. The van der Waals surface area contributed by atoms with Crippen LogP contribution in [0.4, 0.5) is 0 Å². The summed E-state index contributed by atoms with van der Waals surface area (Å²) in [5.74, 6) is 2.20. The van der Waals surface area contributed by atoms with Crippen LogP contribution in [0.1, 0.15) is 19.7 Å². The van der Waals surface area contributed by atoms with Crippen molar-refractivity contribution >= 4 is 15.9 Å². The van der Waals surface area contributed by atoms with Gasteiger partial charge in [0.2, 0.25) is 0 Å². The van der Waals surface area contributed by atoms with Crippen LogP contribution in [0.3, 0.4) is 0 Å². The van der Waals surface area contributed by atoms with Gasteiger partial charge >= 0.3 is 0 Å². The fourth-order valence-electron chi connectivity index (χ4n) is 1.60. The number of para-hydroxylation sites is 1. The van der Waals surface area contributed by atoms with Crippen molar-refractivity contribution in [1.29, 1.82) is 0 Å². The van der Waals surface area contributed by atoms with Crippen LogP contribution >= 0.6 is 15.9 Å². The molecule has 1 aromatic heterocycles. The maximum Gasteiger partial charge on any atom is 0.164 e. The Kier molecular flexibility index (Phi) is 4.36. The molecule has 1 aromatic carbocycles. The number of halogens is 1. The number of rotatable bonds is 5. The van der Waals surface area contributed by atoms with E-state index in [2.05, 4.69) is 39.9 Å². The molecule has 0 spiro atoms. The fourth-order valence-corrected chi connectivity index (χ4v) is 2.00. The van der Waals surface area contributed by atoms with Gasteiger partial charge in [0.25, 0.3) is 0 Å². The summed E-state index contributed by atoms with van der Waals surface area (Å²) in [5, 5.41) is 4.20. The molecule has 0 saturated heterocycles. The second-order valence-corrected chi connectivity index (χ2v) is 5.33. The van der Waals surface area contributed by atoms with Gasteiger partial charge in [-0.25, -0.2) is 9.67 Å². The summed E-state index contributed by atoms with van der Waals surface area (Å²) in [5.41, 5.74) is 0. The third kappa shape index (κ3) is 3.32. The van der Waals surface area contributed by atoms with Crippen molar-refractivity contribution in [3.8, 4) is 5.75 Å². The number of ether oxygens (including phenoxy) is 1. The zero-order valence-electron chi connectivity index (χ0n) is 10.5. The van der Waals surface area contributed by atoms with E-state index < -0.39 is 0 Å². The van der Waals surface area contributed by atoms with Crippen LogP contribution in [0.25, 0.3) is 0 Å². The van der Waals surface area contributed by atoms with Crippen LogP contribution in [0, 0.1) is 5.92 Å². The smallest absolute Gasteiger partial charge is 0.164 e. The highest BCUT2D eigenvalue weighted by molar-refractivity contribution is 9.10. The van der Waals surface area contributed by atoms with Gasteiger partial charge in [-0.1, -0.05) is 26.0 Å². The highest BCUT2D eigenvalue weighted by atomic mass is 79.9. The summed E-state index contributed by atoms with van der Waals surface area (Å²) in [6.07, 6.45) is 1.57. The van der Waals surface area contributed by atoms with Crippen molar-refractivity contribution < 1.29 is 4.74 Å². The number of hydrogen-bond donors (Lipinski definition) is 0. The van der Waals surface area contributed by atoms with Crippen molar-refractivity contribution in [3.63, 3.8) is 0 Å². The van der Waals surface area contributed by atoms with Crippen molar-refractivity contribution in [2.75, 3.05) is 0 Å². The first-order valence-electron chi connectivity index (χ1n) is 5.91. The first kappa shape index (κ1) is 13.1. The number of benzene rings is 1. The topological polar surface area (TPSA) is 39.9 Å². The quantitative estimate of drug-likeness (QED) is 0.851. The second kappa shape index (κ2) is 6.00. The molecule has 0 aliphatic carbocycles. The predicted molar refractivity (Wildman–Crippen MR) is 73.3 cm³/mol. The van der Waals surface area contributed by atoms with Gasteiger partial charge in [0, 0.05) is 6.54 Å². The molecule has 2 rings (SSSR count). The minimum atomic E-state index is 0.426. The molecule has 0 radical (unpaired) electrons. The van der Waals surface area contributed by atoms with E-state index in [9.17, 15) is 0 Å². The summed E-state index contributed by atoms with van der Waals surface area (Å²) in [6.45, 7) is 5.59. The molecule has 1 heterocycles. The van der Waals surface area contributed by atoms with Gasteiger partial charge in [-0.3, -0.25) is 0 Å². The Morgan fingerprint density at radius 2 is 2.11 bits per heavy atom. The highest BCUT2D eigenvalue weighted by Gasteiger charge is 2.07. The van der Waals surface area contributed by atoms with E-state index in [1.54, 1.807) is 6.33 Å². The highest BCUT2D eigenvalue weighted by Crippen LogP contribution is 2.24. The molecule has 0 N–H and O–H groups in total. The van der Waals surface area contributed by atoms with E-state index in [1.165, 1.54) is 0 Å². The van der Waals surface area contributed by atoms with E-state index in [1.807, 2.05) is 28.9 Å². The maximum absolute atomic E-state index is 5.73. The normalized spacial score (nSPS) is 10.9. The van der Waals surface area contributed by atoms with Crippen LogP contribution in [0.15, 0.2) is 35.1 Å². The third-order valence-corrected chi connectivity index (χ3v) is 3.08. The van der Waals surface area contributed by atoms with Crippen molar-refractivity contribution in [1.82, 2.24) is 14.8 Å². The first-order chi connectivity index (χ1) is 8.66. The Bertz CT molecular complexity index is 510. The SMILES string of the molecule is CC(C)Cn1ncnc1COc1ccccc1Br. The van der Waals surface area contributed by atoms with E-state index in [0.717, 1.165) is 22.6 Å². The lowest BCUT2D eigenvalue weighted by atomic mass is 10.2. The Morgan fingerprint density at radius 1 is 1.33 bits per heavy atom. The standard InChI is InChI=1S/C13H16BrN3O/c1-10(2)7-17-13(15-9-16-17)8-18-12-6-4-3-5-11(12)14/h3-6,9-10H,7-8H2,1-2H3. The summed E-state index contributed by atoms with van der Waals surface area (Å²) < 4.78 is 8.57. The molecule has 18 heavy (non-hydrogen) atoms. The van der Waals surface area contributed by atoms with Gasteiger partial charge < -0.3 is 4.74 Å². The summed E-state index contributed by atoms with van der Waals surface area (Å²) in [7, 11) is 0. The maximum atomic E-state index is 5.73. The molecule has 0 aliphatic heterocycles. The van der Waals surface area contributed by atoms with Crippen LogP contribution in [-0.4, -0.2) is 14.8 Å². The lowest BCUT2D eigenvalue weighted by molar-refractivity contribution is 0.281. The number of nitrogens with zero attached hydrogens (tertiary/aromatic N) is 3. The Hall–Kier alpha value is -1.36. The van der Waals surface area contributed by atoms with Crippen LogP contribution in [0.2, 0.25) is 0 Å². The zero-order valence-corrected chi connectivity index (χ0v) is 12.1. The molecule has 0 aliphatic rings. The van der Waals surface area contributed by atoms with Crippen molar-refractivity contribution in [3.05, 3.63) is 40.9 Å². The number of hydrogen-bond acceptors (Lipinski definition) is 3. The summed E-state index contributed by atoms with van der Waals surface area (Å²) in [6, 6.07) is 7.78. The summed E-state index contributed by atoms with van der Waals surface area (Å²) >= 11 is 3.45. The molecule has 0 saturated carbocycles. The van der Waals surface area contributed by atoms with Gasteiger partial charge in [-0.2, -0.15) is 5.10 Å².